The number of tetrazole rings is 1. The number of hydrogen-bond acceptors (Lipinski definition) is 15. The van der Waals surface area contributed by atoms with Crippen molar-refractivity contribution in [1.82, 2.24) is 29.8 Å². The normalized spacial score (nSPS) is 19.3. The first kappa shape index (κ1) is 40.5. The number of halogens is 1. The number of ether oxygens (including phenoxy) is 6. The minimum Gasteiger partial charge on any atom is -0.467 e. The Morgan fingerprint density at radius 3 is 2.09 bits per heavy atom. The lowest BCUT2D eigenvalue weighted by atomic mass is 9.97. The van der Waals surface area contributed by atoms with Crippen LogP contribution in [0.5, 0.6) is 0 Å². The van der Waals surface area contributed by atoms with Crippen LogP contribution in [0.4, 0.5) is 0 Å². The number of unbranched alkanes of at least 4 members (excludes halogenated alkanes) is 1. The Labute approximate surface area is 321 Å². The van der Waals surface area contributed by atoms with Gasteiger partial charge >= 0.3 is 29.8 Å². The van der Waals surface area contributed by atoms with Gasteiger partial charge in [0.25, 0.3) is 0 Å². The third kappa shape index (κ3) is 9.71. The van der Waals surface area contributed by atoms with Gasteiger partial charge in [-0.05, 0) is 28.3 Å². The van der Waals surface area contributed by atoms with Crippen LogP contribution in [0.15, 0.2) is 48.5 Å². The molecule has 0 aliphatic carbocycles. The molecule has 0 saturated carbocycles. The van der Waals surface area contributed by atoms with Crippen molar-refractivity contribution in [3.8, 4) is 22.5 Å². The first-order valence-electron chi connectivity index (χ1n) is 17.4. The highest BCUT2D eigenvalue weighted by Gasteiger charge is 2.56. The highest BCUT2D eigenvalue weighted by atomic mass is 35.5. The maximum atomic E-state index is 12.9. The SMILES string of the molecule is CCCCc1nc(Cl)c(COC(C)=O)n1Cc1ccc(-c2ccccc2-c2nnn([C@@H]3O[C@H](C(=O)OC)[C@@H](OC(C)=O)[C@H](OC(C)=O)[C@H]3OC(C)=O)n2)cc1. The topological polar surface area (TPSA) is 202 Å². The summed E-state index contributed by atoms with van der Waals surface area (Å²) in [4.78, 5) is 66.6. The molecule has 0 spiro atoms. The summed E-state index contributed by atoms with van der Waals surface area (Å²) in [6.07, 6.45) is -5.07. The molecule has 0 N–H and O–H groups in total. The summed E-state index contributed by atoms with van der Waals surface area (Å²) in [5.41, 5.74) is 3.71. The van der Waals surface area contributed by atoms with Crippen molar-refractivity contribution in [2.45, 2.75) is 97.7 Å². The van der Waals surface area contributed by atoms with Gasteiger partial charge in [-0.1, -0.05) is 73.5 Å². The van der Waals surface area contributed by atoms with E-state index in [1.54, 1.807) is 12.1 Å². The van der Waals surface area contributed by atoms with Crippen LogP contribution in [0.1, 0.15) is 70.8 Å². The van der Waals surface area contributed by atoms with Crippen molar-refractivity contribution >= 4 is 41.4 Å². The van der Waals surface area contributed by atoms with E-state index in [-0.39, 0.29) is 12.4 Å². The number of methoxy groups -OCH3 is 1. The molecule has 18 heteroatoms. The number of hydrogen-bond donors (Lipinski definition) is 0. The molecule has 292 valence electrons. The molecule has 5 rings (SSSR count). The molecule has 4 aromatic rings. The zero-order valence-corrected chi connectivity index (χ0v) is 31.8. The summed E-state index contributed by atoms with van der Waals surface area (Å²) >= 11 is 6.49. The molecular formula is C37H41ClN6O11. The standard InChI is InChI=1S/C37H41ClN6O11/c1-7-8-13-29-39-34(38)28(19-51-20(2)45)43(29)18-24-14-16-25(17-15-24)26-11-9-10-12-27(26)35-40-42-44(41-35)36-32(54-23(5)48)30(52-21(3)46)31(53-22(4)47)33(55-36)37(49)50-6/h9-12,14-17,30-33,36H,7-8,13,18-19H2,1-6H3/t30-,31-,32+,33-,36+/m0/s1. The van der Waals surface area contributed by atoms with Gasteiger partial charge in [-0.3, -0.25) is 19.2 Å². The van der Waals surface area contributed by atoms with E-state index in [4.69, 9.17) is 40.0 Å². The van der Waals surface area contributed by atoms with Gasteiger partial charge in [-0.25, -0.2) is 9.78 Å². The zero-order chi connectivity index (χ0) is 39.8. The van der Waals surface area contributed by atoms with E-state index in [0.717, 1.165) is 68.0 Å². The summed E-state index contributed by atoms with van der Waals surface area (Å²) in [6.45, 7) is 7.18. The van der Waals surface area contributed by atoms with Gasteiger partial charge in [-0.15, -0.1) is 15.0 Å². The predicted molar refractivity (Wildman–Crippen MR) is 192 cm³/mol. The van der Waals surface area contributed by atoms with Gasteiger partial charge in [0.2, 0.25) is 12.1 Å². The maximum Gasteiger partial charge on any atom is 0.339 e. The number of aromatic nitrogens is 6. The molecule has 2 aromatic heterocycles. The first-order chi connectivity index (χ1) is 26.3. The van der Waals surface area contributed by atoms with Crippen LogP contribution in [-0.2, 0) is 72.0 Å². The first-order valence-corrected chi connectivity index (χ1v) is 17.8. The monoisotopic (exact) mass is 780 g/mol. The molecule has 0 unspecified atom stereocenters. The van der Waals surface area contributed by atoms with Crippen LogP contribution in [0, 0.1) is 0 Å². The average molecular weight is 781 g/mol. The van der Waals surface area contributed by atoms with E-state index >= 15 is 0 Å². The second-order valence-corrected chi connectivity index (χ2v) is 13.0. The molecule has 1 aliphatic rings. The summed E-state index contributed by atoms with van der Waals surface area (Å²) < 4.78 is 34.4. The van der Waals surface area contributed by atoms with Gasteiger partial charge < -0.3 is 33.0 Å². The summed E-state index contributed by atoms with van der Waals surface area (Å²) in [5, 5.41) is 13.2. The highest BCUT2D eigenvalue weighted by molar-refractivity contribution is 6.30. The van der Waals surface area contributed by atoms with Crippen molar-refractivity contribution in [3.63, 3.8) is 0 Å². The summed E-state index contributed by atoms with van der Waals surface area (Å²) in [7, 11) is 1.10. The lowest BCUT2D eigenvalue weighted by Crippen LogP contribution is -2.61. The zero-order valence-electron chi connectivity index (χ0n) is 31.1. The van der Waals surface area contributed by atoms with Gasteiger partial charge in [0.15, 0.2) is 29.6 Å². The molecule has 1 aliphatic heterocycles. The van der Waals surface area contributed by atoms with Crippen LogP contribution < -0.4 is 0 Å². The number of imidazole rings is 1. The van der Waals surface area contributed by atoms with E-state index in [1.807, 2.05) is 41.0 Å². The average Bonchev–Trinajstić information content (AvgIpc) is 3.74. The maximum absolute atomic E-state index is 12.9. The number of nitrogens with zero attached hydrogens (tertiary/aromatic N) is 6. The minimum atomic E-state index is -1.63. The Morgan fingerprint density at radius 2 is 1.47 bits per heavy atom. The van der Waals surface area contributed by atoms with Crippen LogP contribution in [0.25, 0.3) is 22.5 Å². The molecule has 1 saturated heterocycles. The Hall–Kier alpha value is -5.68. The molecule has 0 bridgehead atoms. The van der Waals surface area contributed by atoms with Crippen LogP contribution >= 0.6 is 11.6 Å². The largest absolute Gasteiger partial charge is 0.467 e. The second-order valence-electron chi connectivity index (χ2n) is 12.6. The van der Waals surface area contributed by atoms with Crippen molar-refractivity contribution in [1.29, 1.82) is 0 Å². The lowest BCUT2D eigenvalue weighted by molar-refractivity contribution is -0.267. The highest BCUT2D eigenvalue weighted by Crippen LogP contribution is 2.36. The predicted octanol–water partition coefficient (Wildman–Crippen LogP) is 4.18. The molecule has 5 atom stereocenters. The number of rotatable bonds is 14. The fourth-order valence-electron chi connectivity index (χ4n) is 6.15. The third-order valence-corrected chi connectivity index (χ3v) is 8.85. The number of esters is 5. The van der Waals surface area contributed by atoms with Crippen molar-refractivity contribution in [3.05, 3.63) is 70.8 Å². The van der Waals surface area contributed by atoms with Crippen molar-refractivity contribution < 1.29 is 52.4 Å². The number of carbonyl (C=O) groups excluding carboxylic acids is 5. The van der Waals surface area contributed by atoms with Gasteiger partial charge in [0.1, 0.15) is 12.4 Å². The van der Waals surface area contributed by atoms with E-state index in [2.05, 4.69) is 27.3 Å². The number of aryl methyl sites for hydroxylation is 1. The molecule has 0 radical (unpaired) electrons. The van der Waals surface area contributed by atoms with Gasteiger partial charge in [-0.2, -0.15) is 0 Å². The molecule has 2 aromatic carbocycles. The quantitative estimate of drug-likeness (QED) is 0.130. The van der Waals surface area contributed by atoms with E-state index in [9.17, 15) is 24.0 Å². The number of carbonyl (C=O) groups is 5. The fraction of sp³-hybridized carbons (Fsp3) is 0.432. The second kappa shape index (κ2) is 18.1. The molecule has 17 nitrogen and oxygen atoms in total. The van der Waals surface area contributed by atoms with Crippen LogP contribution in [0.2, 0.25) is 5.15 Å². The van der Waals surface area contributed by atoms with Crippen LogP contribution in [0.3, 0.4) is 0 Å². The van der Waals surface area contributed by atoms with Crippen molar-refractivity contribution in [2.75, 3.05) is 7.11 Å². The Bertz CT molecular complexity index is 2030. The van der Waals surface area contributed by atoms with E-state index < -0.39 is 60.5 Å². The lowest BCUT2D eigenvalue weighted by Gasteiger charge is -2.42. The van der Waals surface area contributed by atoms with E-state index in [1.165, 1.54) is 6.92 Å². The summed E-state index contributed by atoms with van der Waals surface area (Å²) in [6, 6.07) is 15.1. The Kier molecular flexibility index (Phi) is 13.3. The molecule has 55 heavy (non-hydrogen) atoms. The molecule has 0 amide bonds. The van der Waals surface area contributed by atoms with Crippen molar-refractivity contribution in [2.24, 2.45) is 0 Å². The van der Waals surface area contributed by atoms with E-state index in [0.29, 0.717) is 29.4 Å². The fourth-order valence-corrected chi connectivity index (χ4v) is 6.40. The van der Waals surface area contributed by atoms with Gasteiger partial charge in [0, 0.05) is 46.2 Å². The number of benzene rings is 2. The molecule has 3 heterocycles. The van der Waals surface area contributed by atoms with Crippen LogP contribution in [-0.4, -0.2) is 91.1 Å². The molecule has 1 fully saturated rings. The Morgan fingerprint density at radius 1 is 0.836 bits per heavy atom. The summed E-state index contributed by atoms with van der Waals surface area (Å²) in [5.74, 6) is -2.86. The smallest absolute Gasteiger partial charge is 0.339 e. The van der Waals surface area contributed by atoms with Gasteiger partial charge in [0.05, 0.1) is 12.8 Å². The Balaban J connectivity index is 1.47. The third-order valence-electron chi connectivity index (χ3n) is 8.55. The molecular weight excluding hydrogens is 740 g/mol. The minimum absolute atomic E-state index is 0.000478.